The van der Waals surface area contributed by atoms with Gasteiger partial charge in [-0.05, 0) is 56.9 Å². The second-order valence-corrected chi connectivity index (χ2v) is 7.16. The number of fused-ring (bicyclic) bond motifs is 1. The summed E-state index contributed by atoms with van der Waals surface area (Å²) in [6.07, 6.45) is 3.76. The molecule has 3 rings (SSSR count). The van der Waals surface area contributed by atoms with E-state index in [1.165, 1.54) is 5.56 Å². The quantitative estimate of drug-likeness (QED) is 0.524. The number of hydrogen-bond donors (Lipinski definition) is 1. The van der Waals surface area contributed by atoms with Gasteiger partial charge in [0.15, 0.2) is 11.5 Å². The van der Waals surface area contributed by atoms with E-state index in [2.05, 4.69) is 34.6 Å². The predicted molar refractivity (Wildman–Crippen MR) is 111 cm³/mol. The zero-order valence-electron chi connectivity index (χ0n) is 16.6. The first-order chi connectivity index (χ1) is 13.6. The standard InChI is InChI=1S/C23H28N2O3/c1-17(2)27-15-7-14-24-23(26)19-12-13-21-20(16-19)25-22(28-21)11-6-10-18-8-4-3-5-9-18/h3-5,8-9,12-13,16-17H,6-7,10-11,14-15H2,1-2H3,(H,24,26). The van der Waals surface area contributed by atoms with Gasteiger partial charge >= 0.3 is 0 Å². The molecule has 0 bridgehead atoms. The summed E-state index contributed by atoms with van der Waals surface area (Å²) in [5, 5.41) is 2.92. The number of nitrogens with zero attached hydrogens (tertiary/aromatic N) is 1. The summed E-state index contributed by atoms with van der Waals surface area (Å²) in [5.41, 5.74) is 3.36. The van der Waals surface area contributed by atoms with Crippen molar-refractivity contribution in [2.24, 2.45) is 0 Å². The van der Waals surface area contributed by atoms with E-state index in [9.17, 15) is 4.79 Å². The molecule has 0 aliphatic rings. The zero-order chi connectivity index (χ0) is 19.8. The van der Waals surface area contributed by atoms with Crippen molar-refractivity contribution in [2.45, 2.75) is 45.6 Å². The minimum absolute atomic E-state index is 0.0972. The maximum absolute atomic E-state index is 12.3. The number of carbonyl (C=O) groups excluding carboxylic acids is 1. The van der Waals surface area contributed by atoms with Crippen LogP contribution in [-0.4, -0.2) is 30.1 Å². The second kappa shape index (κ2) is 10.0. The number of benzene rings is 2. The number of ether oxygens (including phenoxy) is 1. The van der Waals surface area contributed by atoms with Gasteiger partial charge in [0, 0.05) is 25.1 Å². The molecule has 2 aromatic carbocycles. The van der Waals surface area contributed by atoms with Crippen LogP contribution in [-0.2, 0) is 17.6 Å². The van der Waals surface area contributed by atoms with E-state index in [1.807, 2.05) is 26.0 Å². The molecule has 1 N–H and O–H groups in total. The zero-order valence-corrected chi connectivity index (χ0v) is 16.6. The van der Waals surface area contributed by atoms with Crippen molar-refractivity contribution in [1.82, 2.24) is 10.3 Å². The minimum Gasteiger partial charge on any atom is -0.441 e. The van der Waals surface area contributed by atoms with Gasteiger partial charge in [-0.1, -0.05) is 30.3 Å². The molecule has 0 saturated carbocycles. The Morgan fingerprint density at radius 3 is 2.71 bits per heavy atom. The summed E-state index contributed by atoms with van der Waals surface area (Å²) in [7, 11) is 0. The van der Waals surface area contributed by atoms with Crippen LogP contribution in [0.5, 0.6) is 0 Å². The van der Waals surface area contributed by atoms with Crippen molar-refractivity contribution in [1.29, 1.82) is 0 Å². The first-order valence-corrected chi connectivity index (χ1v) is 9.95. The molecular formula is C23H28N2O3. The molecule has 28 heavy (non-hydrogen) atoms. The van der Waals surface area contributed by atoms with Crippen LogP contribution in [0.4, 0.5) is 0 Å². The van der Waals surface area contributed by atoms with Crippen molar-refractivity contribution in [3.63, 3.8) is 0 Å². The van der Waals surface area contributed by atoms with E-state index in [1.54, 1.807) is 12.1 Å². The summed E-state index contributed by atoms with van der Waals surface area (Å²) in [6.45, 7) is 5.24. The van der Waals surface area contributed by atoms with Crippen molar-refractivity contribution >= 4 is 17.0 Å². The van der Waals surface area contributed by atoms with E-state index in [0.29, 0.717) is 24.6 Å². The Bertz CT molecular complexity index is 887. The highest BCUT2D eigenvalue weighted by atomic mass is 16.5. The van der Waals surface area contributed by atoms with Crippen LogP contribution in [0.2, 0.25) is 0 Å². The molecule has 0 fully saturated rings. The molecule has 1 heterocycles. The molecular weight excluding hydrogens is 352 g/mol. The molecule has 0 radical (unpaired) electrons. The summed E-state index contributed by atoms with van der Waals surface area (Å²) in [6, 6.07) is 15.8. The summed E-state index contributed by atoms with van der Waals surface area (Å²) < 4.78 is 11.3. The maximum Gasteiger partial charge on any atom is 0.251 e. The van der Waals surface area contributed by atoms with Gasteiger partial charge in [-0.3, -0.25) is 4.79 Å². The molecule has 1 amide bonds. The molecule has 0 unspecified atom stereocenters. The number of aryl methyl sites for hydroxylation is 2. The van der Waals surface area contributed by atoms with Gasteiger partial charge in [-0.25, -0.2) is 4.98 Å². The Labute approximate surface area is 166 Å². The number of aromatic nitrogens is 1. The molecule has 3 aromatic rings. The van der Waals surface area contributed by atoms with Crippen LogP contribution in [0.1, 0.15) is 48.5 Å². The van der Waals surface area contributed by atoms with Crippen LogP contribution >= 0.6 is 0 Å². The largest absolute Gasteiger partial charge is 0.441 e. The Hall–Kier alpha value is -2.66. The third kappa shape index (κ3) is 5.92. The van der Waals surface area contributed by atoms with E-state index < -0.39 is 0 Å². The number of carbonyl (C=O) groups is 1. The van der Waals surface area contributed by atoms with Gasteiger partial charge in [-0.2, -0.15) is 0 Å². The Balaban J connectivity index is 1.51. The normalized spacial score (nSPS) is 11.2. The van der Waals surface area contributed by atoms with Crippen molar-refractivity contribution in [2.75, 3.05) is 13.2 Å². The summed E-state index contributed by atoms with van der Waals surface area (Å²) >= 11 is 0. The van der Waals surface area contributed by atoms with Crippen molar-refractivity contribution < 1.29 is 13.9 Å². The molecule has 148 valence electrons. The predicted octanol–water partition coefficient (Wildman–Crippen LogP) is 4.55. The number of nitrogens with one attached hydrogen (secondary N) is 1. The first-order valence-electron chi connectivity index (χ1n) is 9.95. The van der Waals surface area contributed by atoms with Crippen LogP contribution < -0.4 is 5.32 Å². The first kappa shape index (κ1) is 20.1. The fourth-order valence-electron chi connectivity index (χ4n) is 3.01. The molecule has 1 aromatic heterocycles. The second-order valence-electron chi connectivity index (χ2n) is 7.16. The lowest BCUT2D eigenvalue weighted by Crippen LogP contribution is -2.25. The van der Waals surface area contributed by atoms with E-state index in [0.717, 1.165) is 36.8 Å². The third-order valence-electron chi connectivity index (χ3n) is 4.45. The van der Waals surface area contributed by atoms with Gasteiger partial charge in [-0.15, -0.1) is 0 Å². The Kier molecular flexibility index (Phi) is 7.20. The summed E-state index contributed by atoms with van der Waals surface area (Å²) in [4.78, 5) is 16.9. The van der Waals surface area contributed by atoms with Gasteiger partial charge in [0.1, 0.15) is 5.52 Å². The van der Waals surface area contributed by atoms with E-state index in [4.69, 9.17) is 9.15 Å². The average molecular weight is 380 g/mol. The van der Waals surface area contributed by atoms with Crippen LogP contribution in [0.3, 0.4) is 0 Å². The fourth-order valence-corrected chi connectivity index (χ4v) is 3.01. The number of rotatable bonds is 10. The molecule has 0 spiro atoms. The van der Waals surface area contributed by atoms with E-state index in [-0.39, 0.29) is 12.0 Å². The SMILES string of the molecule is CC(C)OCCCNC(=O)c1ccc2oc(CCCc3ccccc3)nc2c1. The highest BCUT2D eigenvalue weighted by molar-refractivity contribution is 5.97. The lowest BCUT2D eigenvalue weighted by molar-refractivity contribution is 0.0757. The maximum atomic E-state index is 12.3. The van der Waals surface area contributed by atoms with Gasteiger partial charge in [0.05, 0.1) is 6.10 Å². The molecule has 0 atom stereocenters. The van der Waals surface area contributed by atoms with Gasteiger partial charge in [0.25, 0.3) is 5.91 Å². The monoisotopic (exact) mass is 380 g/mol. The number of hydrogen-bond acceptors (Lipinski definition) is 4. The third-order valence-corrected chi connectivity index (χ3v) is 4.45. The number of amides is 1. The topological polar surface area (TPSA) is 64.4 Å². The highest BCUT2D eigenvalue weighted by Gasteiger charge is 2.10. The van der Waals surface area contributed by atoms with Crippen LogP contribution in [0, 0.1) is 0 Å². The Morgan fingerprint density at radius 1 is 1.11 bits per heavy atom. The van der Waals surface area contributed by atoms with Gasteiger partial charge in [0.2, 0.25) is 0 Å². The lowest BCUT2D eigenvalue weighted by Gasteiger charge is -2.08. The highest BCUT2D eigenvalue weighted by Crippen LogP contribution is 2.19. The van der Waals surface area contributed by atoms with Crippen LogP contribution in [0.15, 0.2) is 52.9 Å². The van der Waals surface area contributed by atoms with Gasteiger partial charge < -0.3 is 14.5 Å². The smallest absolute Gasteiger partial charge is 0.251 e. The molecule has 0 aliphatic heterocycles. The summed E-state index contributed by atoms with van der Waals surface area (Å²) in [5.74, 6) is 0.620. The van der Waals surface area contributed by atoms with Crippen LogP contribution in [0.25, 0.3) is 11.1 Å². The molecule has 0 aliphatic carbocycles. The minimum atomic E-state index is -0.0972. The lowest BCUT2D eigenvalue weighted by atomic mass is 10.1. The van der Waals surface area contributed by atoms with Crippen molar-refractivity contribution in [3.05, 3.63) is 65.5 Å². The molecule has 5 heteroatoms. The average Bonchev–Trinajstić information content (AvgIpc) is 3.10. The van der Waals surface area contributed by atoms with E-state index >= 15 is 0 Å². The Morgan fingerprint density at radius 2 is 1.93 bits per heavy atom. The molecule has 0 saturated heterocycles. The van der Waals surface area contributed by atoms with Crippen molar-refractivity contribution in [3.8, 4) is 0 Å². The molecule has 5 nitrogen and oxygen atoms in total. The fraction of sp³-hybridized carbons (Fsp3) is 0.391. The number of oxazole rings is 1.